The van der Waals surface area contributed by atoms with Gasteiger partial charge in [-0.15, -0.1) is 0 Å². The zero-order valence-corrected chi connectivity index (χ0v) is 10.4. The van der Waals surface area contributed by atoms with Crippen LogP contribution >= 0.6 is 0 Å². The lowest BCUT2D eigenvalue weighted by Gasteiger charge is -2.10. The average molecular weight is 251 g/mol. The van der Waals surface area contributed by atoms with Gasteiger partial charge in [-0.2, -0.15) is 0 Å². The first-order valence-electron chi connectivity index (χ1n) is 5.27. The van der Waals surface area contributed by atoms with Gasteiger partial charge in [0, 0.05) is 32.8 Å². The van der Waals surface area contributed by atoms with Gasteiger partial charge in [0.05, 0.1) is 0 Å². The van der Waals surface area contributed by atoms with Crippen molar-refractivity contribution in [2.75, 3.05) is 14.1 Å². The number of ether oxygens (including phenoxy) is 1. The van der Waals surface area contributed by atoms with E-state index in [2.05, 4.69) is 0 Å². The third-order valence-electron chi connectivity index (χ3n) is 1.96. The number of nitrogens with zero attached hydrogens (tertiary/aromatic N) is 1. The van der Waals surface area contributed by atoms with E-state index < -0.39 is 17.6 Å². The van der Waals surface area contributed by atoms with E-state index in [4.69, 9.17) is 4.74 Å². The quantitative estimate of drug-likeness (QED) is 0.355. The second-order valence-corrected chi connectivity index (χ2v) is 3.89. The van der Waals surface area contributed by atoms with Crippen molar-refractivity contribution in [3.63, 3.8) is 0 Å². The van der Waals surface area contributed by atoms with Gasteiger partial charge in [0.1, 0.15) is 5.82 Å². The molecule has 0 N–H and O–H groups in total. The lowest BCUT2D eigenvalue weighted by Crippen LogP contribution is -2.14. The fourth-order valence-corrected chi connectivity index (χ4v) is 1.26. The molecule has 0 amide bonds. The minimum atomic E-state index is -0.585. The Morgan fingerprint density at radius 2 is 1.78 bits per heavy atom. The number of allylic oxidation sites excluding steroid dienone is 1. The molecule has 0 saturated carbocycles. The van der Waals surface area contributed by atoms with Gasteiger partial charge in [-0.25, -0.2) is 4.39 Å². The molecule has 1 aromatic rings. The Labute approximate surface area is 105 Å². The average Bonchev–Trinajstić information content (AvgIpc) is 2.27. The Hall–Kier alpha value is -2.17. The zero-order valence-electron chi connectivity index (χ0n) is 10.4. The molecule has 0 saturated heterocycles. The molecule has 0 heterocycles. The third-order valence-corrected chi connectivity index (χ3v) is 1.96. The second kappa shape index (κ2) is 5.95. The van der Waals surface area contributed by atoms with Gasteiger partial charge in [0.25, 0.3) is 0 Å². The molecule has 1 rings (SSSR count). The van der Waals surface area contributed by atoms with E-state index in [0.29, 0.717) is 0 Å². The highest BCUT2D eigenvalue weighted by Crippen LogP contribution is 2.11. The fraction of sp³-hybridized carbons (Fsp3) is 0.231. The molecule has 0 unspecified atom stereocenters. The fourth-order valence-electron chi connectivity index (χ4n) is 1.26. The van der Waals surface area contributed by atoms with Gasteiger partial charge in [-0.05, 0) is 24.3 Å². The van der Waals surface area contributed by atoms with Crippen molar-refractivity contribution in [2.45, 2.75) is 6.92 Å². The highest BCUT2D eigenvalue weighted by Gasteiger charge is 2.16. The zero-order chi connectivity index (χ0) is 13.7. The van der Waals surface area contributed by atoms with Gasteiger partial charge in [-0.3, -0.25) is 9.59 Å². The molecule has 0 radical (unpaired) electrons. The number of carbonyl (C=O) groups is 2. The SMILES string of the molecule is CC(=O)O/C(=C\N(C)C)C(=O)c1ccc(F)cc1. The van der Waals surface area contributed by atoms with Crippen LogP contribution in [-0.4, -0.2) is 30.7 Å². The van der Waals surface area contributed by atoms with Gasteiger partial charge >= 0.3 is 5.97 Å². The molecule has 0 aliphatic rings. The van der Waals surface area contributed by atoms with Gasteiger partial charge in [-0.1, -0.05) is 0 Å². The van der Waals surface area contributed by atoms with Gasteiger partial charge in [0.15, 0.2) is 5.76 Å². The van der Waals surface area contributed by atoms with Crippen LogP contribution in [0, 0.1) is 5.82 Å². The third kappa shape index (κ3) is 4.01. The first-order chi connectivity index (χ1) is 8.40. The normalized spacial score (nSPS) is 11.0. The van der Waals surface area contributed by atoms with E-state index in [-0.39, 0.29) is 11.3 Å². The molecular weight excluding hydrogens is 237 g/mol. The molecule has 0 bridgehead atoms. The van der Waals surface area contributed by atoms with Crippen LogP contribution in [0.15, 0.2) is 36.2 Å². The summed E-state index contributed by atoms with van der Waals surface area (Å²) in [4.78, 5) is 24.5. The molecule has 5 heteroatoms. The number of ketones is 1. The highest BCUT2D eigenvalue weighted by molar-refractivity contribution is 6.08. The van der Waals surface area contributed by atoms with Crippen molar-refractivity contribution in [3.05, 3.63) is 47.6 Å². The molecule has 1 aromatic carbocycles. The minimum Gasteiger partial charge on any atom is -0.421 e. The van der Waals surface area contributed by atoms with E-state index in [1.807, 2.05) is 0 Å². The summed E-state index contributed by atoms with van der Waals surface area (Å²) in [5.41, 5.74) is 0.255. The van der Waals surface area contributed by atoms with E-state index >= 15 is 0 Å². The van der Waals surface area contributed by atoms with E-state index in [0.717, 1.165) is 0 Å². The summed E-state index contributed by atoms with van der Waals surface area (Å²) in [6.45, 7) is 1.21. The maximum atomic E-state index is 12.8. The molecule has 0 atom stereocenters. The smallest absolute Gasteiger partial charge is 0.308 e. The molecule has 18 heavy (non-hydrogen) atoms. The summed E-state index contributed by atoms with van der Waals surface area (Å²) in [7, 11) is 3.39. The molecule has 0 aliphatic carbocycles. The molecule has 0 spiro atoms. The number of Topliss-reactive ketones (excluding diaryl/α,β-unsaturated/α-hetero) is 1. The monoisotopic (exact) mass is 251 g/mol. The molecule has 4 nitrogen and oxygen atoms in total. The predicted molar refractivity (Wildman–Crippen MR) is 64.3 cm³/mol. The van der Waals surface area contributed by atoms with Crippen molar-refractivity contribution >= 4 is 11.8 Å². The van der Waals surface area contributed by atoms with E-state index in [9.17, 15) is 14.0 Å². The predicted octanol–water partition coefficient (Wildman–Crippen LogP) is 1.97. The lowest BCUT2D eigenvalue weighted by atomic mass is 10.1. The summed E-state index contributed by atoms with van der Waals surface area (Å²) < 4.78 is 17.6. The van der Waals surface area contributed by atoms with Crippen LogP contribution in [0.1, 0.15) is 17.3 Å². The number of carbonyl (C=O) groups excluding carboxylic acids is 2. The van der Waals surface area contributed by atoms with Crippen LogP contribution in [0.25, 0.3) is 0 Å². The largest absolute Gasteiger partial charge is 0.421 e. The van der Waals surface area contributed by atoms with Crippen molar-refractivity contribution in [1.82, 2.24) is 4.90 Å². The second-order valence-electron chi connectivity index (χ2n) is 3.89. The van der Waals surface area contributed by atoms with Gasteiger partial charge < -0.3 is 9.64 Å². The summed E-state index contributed by atoms with van der Waals surface area (Å²) >= 11 is 0. The maximum absolute atomic E-state index is 12.8. The standard InChI is InChI=1S/C13H14FNO3/c1-9(16)18-12(8-15(2)3)13(17)10-4-6-11(14)7-5-10/h4-8H,1-3H3/b12-8-. The Morgan fingerprint density at radius 3 is 2.22 bits per heavy atom. The summed E-state index contributed by atoms with van der Waals surface area (Å²) in [5, 5.41) is 0. The number of benzene rings is 1. The van der Waals surface area contributed by atoms with Crippen molar-refractivity contribution < 1.29 is 18.7 Å². The topological polar surface area (TPSA) is 46.6 Å². The van der Waals surface area contributed by atoms with Crippen LogP contribution in [0.4, 0.5) is 4.39 Å². The molecular formula is C13H14FNO3. The number of rotatable bonds is 4. The Morgan fingerprint density at radius 1 is 1.22 bits per heavy atom. The first-order valence-corrected chi connectivity index (χ1v) is 5.27. The summed E-state index contributed by atoms with van der Waals surface area (Å²) in [5.74, 6) is -1.59. The number of esters is 1. The highest BCUT2D eigenvalue weighted by atomic mass is 19.1. The molecule has 0 fully saturated rings. The minimum absolute atomic E-state index is 0.0980. The number of halogens is 1. The Bertz CT molecular complexity index is 478. The van der Waals surface area contributed by atoms with Crippen molar-refractivity contribution in [1.29, 1.82) is 0 Å². The van der Waals surface area contributed by atoms with Gasteiger partial charge in [0.2, 0.25) is 5.78 Å². The van der Waals surface area contributed by atoms with Crippen LogP contribution in [0.3, 0.4) is 0 Å². The summed E-state index contributed by atoms with van der Waals surface area (Å²) in [6.07, 6.45) is 1.40. The number of hydrogen-bond donors (Lipinski definition) is 0. The van der Waals surface area contributed by atoms with Crippen LogP contribution in [0.5, 0.6) is 0 Å². The number of hydrogen-bond acceptors (Lipinski definition) is 4. The van der Waals surface area contributed by atoms with Crippen molar-refractivity contribution in [3.8, 4) is 0 Å². The molecule has 96 valence electrons. The van der Waals surface area contributed by atoms with Crippen LogP contribution in [-0.2, 0) is 9.53 Å². The molecule has 0 aliphatic heterocycles. The molecule has 0 aromatic heterocycles. The van der Waals surface area contributed by atoms with Crippen LogP contribution in [0.2, 0.25) is 0 Å². The summed E-state index contributed by atoms with van der Waals surface area (Å²) in [6, 6.07) is 5.03. The van der Waals surface area contributed by atoms with Crippen molar-refractivity contribution in [2.24, 2.45) is 0 Å². The Kier molecular flexibility index (Phi) is 4.59. The van der Waals surface area contributed by atoms with E-state index in [1.54, 1.807) is 19.0 Å². The van der Waals surface area contributed by atoms with E-state index in [1.165, 1.54) is 37.4 Å². The first kappa shape index (κ1) is 13.9. The lowest BCUT2D eigenvalue weighted by molar-refractivity contribution is -0.136. The Balaban J connectivity index is 3.02. The van der Waals surface area contributed by atoms with Crippen LogP contribution < -0.4 is 0 Å². The maximum Gasteiger partial charge on any atom is 0.308 e.